The summed E-state index contributed by atoms with van der Waals surface area (Å²) in [6.45, 7) is 0. The van der Waals surface area contributed by atoms with Crippen molar-refractivity contribution in [3.63, 3.8) is 0 Å². The first kappa shape index (κ1) is 25.6. The van der Waals surface area contributed by atoms with Gasteiger partial charge in [-0.25, -0.2) is 22.5 Å². The number of para-hydroxylation sites is 1. The van der Waals surface area contributed by atoms with Crippen LogP contribution in [0.4, 0.5) is 4.39 Å². The minimum Gasteiger partial charge on any atom is -0.494 e. The third-order valence-corrected chi connectivity index (χ3v) is 6.38. The van der Waals surface area contributed by atoms with Crippen molar-refractivity contribution >= 4 is 15.9 Å². The Morgan fingerprint density at radius 3 is 2.19 bits per heavy atom. The van der Waals surface area contributed by atoms with Crippen molar-refractivity contribution in [1.82, 2.24) is 24.5 Å². The van der Waals surface area contributed by atoms with E-state index in [4.69, 9.17) is 14.2 Å². The number of benzene rings is 2. The highest BCUT2D eigenvalue weighted by Gasteiger charge is 2.29. The molecule has 0 fully saturated rings. The lowest BCUT2D eigenvalue weighted by molar-refractivity contribution is 0.0969. The van der Waals surface area contributed by atoms with Crippen molar-refractivity contribution in [2.75, 3.05) is 21.3 Å². The van der Waals surface area contributed by atoms with Crippen LogP contribution in [0.5, 0.6) is 17.4 Å². The smallest absolute Gasteiger partial charge is 0.303 e. The zero-order chi connectivity index (χ0) is 26.6. The number of hydrogen-bond acceptors (Lipinski definition) is 9. The zero-order valence-electron chi connectivity index (χ0n) is 20.0. The van der Waals surface area contributed by atoms with Crippen LogP contribution in [0.25, 0.3) is 17.2 Å². The van der Waals surface area contributed by atoms with Gasteiger partial charge in [-0.15, -0.1) is 10.2 Å². The highest BCUT2D eigenvalue weighted by molar-refractivity contribution is 7.89. The van der Waals surface area contributed by atoms with Crippen molar-refractivity contribution in [1.29, 1.82) is 0 Å². The SMILES string of the molecule is COc1cccc(-c2nnc(C(=O)NS(=O)(=O)Cc3ccc(F)cc3)n2-c2c(OC)cccc2OC)n1. The molecule has 0 saturated heterocycles. The Labute approximate surface area is 211 Å². The molecule has 0 aliphatic rings. The van der Waals surface area contributed by atoms with E-state index in [1.54, 1.807) is 36.4 Å². The molecule has 0 spiro atoms. The Kier molecular flexibility index (Phi) is 7.34. The molecule has 2 aromatic heterocycles. The van der Waals surface area contributed by atoms with E-state index in [1.807, 2.05) is 4.72 Å². The van der Waals surface area contributed by atoms with Gasteiger partial charge in [0.2, 0.25) is 21.7 Å². The summed E-state index contributed by atoms with van der Waals surface area (Å²) in [4.78, 5) is 17.6. The average molecular weight is 528 g/mol. The van der Waals surface area contributed by atoms with Gasteiger partial charge in [-0.2, -0.15) is 0 Å². The molecule has 0 radical (unpaired) electrons. The van der Waals surface area contributed by atoms with Crippen LogP contribution >= 0.6 is 0 Å². The number of amides is 1. The molecule has 192 valence electrons. The van der Waals surface area contributed by atoms with Gasteiger partial charge in [0.25, 0.3) is 0 Å². The van der Waals surface area contributed by atoms with Gasteiger partial charge < -0.3 is 14.2 Å². The lowest BCUT2D eigenvalue weighted by Gasteiger charge is -2.17. The molecule has 1 N–H and O–H groups in total. The maximum Gasteiger partial charge on any atom is 0.303 e. The fourth-order valence-electron chi connectivity index (χ4n) is 3.54. The number of halogens is 1. The number of aromatic nitrogens is 4. The van der Waals surface area contributed by atoms with Gasteiger partial charge in [-0.3, -0.25) is 9.36 Å². The molecule has 4 rings (SSSR count). The summed E-state index contributed by atoms with van der Waals surface area (Å²) in [6.07, 6.45) is 0. The van der Waals surface area contributed by atoms with Gasteiger partial charge in [-0.1, -0.05) is 24.3 Å². The van der Waals surface area contributed by atoms with E-state index < -0.39 is 27.5 Å². The van der Waals surface area contributed by atoms with Crippen LogP contribution in [0.1, 0.15) is 16.2 Å². The lowest BCUT2D eigenvalue weighted by Crippen LogP contribution is -2.33. The molecule has 13 heteroatoms. The van der Waals surface area contributed by atoms with Crippen molar-refractivity contribution < 1.29 is 31.8 Å². The molecule has 0 unspecified atom stereocenters. The summed E-state index contributed by atoms with van der Waals surface area (Å²) >= 11 is 0. The number of methoxy groups -OCH3 is 3. The van der Waals surface area contributed by atoms with E-state index in [-0.39, 0.29) is 34.5 Å². The summed E-state index contributed by atoms with van der Waals surface area (Å²) in [5.41, 5.74) is 0.821. The number of pyridine rings is 1. The fourth-order valence-corrected chi connectivity index (χ4v) is 4.61. The minimum absolute atomic E-state index is 0.0998. The predicted octanol–water partition coefficient (Wildman–Crippen LogP) is 2.75. The summed E-state index contributed by atoms with van der Waals surface area (Å²) in [7, 11) is 0.116. The molecule has 0 atom stereocenters. The van der Waals surface area contributed by atoms with Crippen LogP contribution in [-0.4, -0.2) is 55.4 Å². The molecule has 0 aliphatic carbocycles. The van der Waals surface area contributed by atoms with E-state index in [2.05, 4.69) is 15.2 Å². The summed E-state index contributed by atoms with van der Waals surface area (Å²) in [5, 5.41) is 8.09. The van der Waals surface area contributed by atoms with Crippen LogP contribution in [0.3, 0.4) is 0 Å². The van der Waals surface area contributed by atoms with E-state index >= 15 is 0 Å². The van der Waals surface area contributed by atoms with Gasteiger partial charge >= 0.3 is 5.91 Å². The summed E-state index contributed by atoms with van der Waals surface area (Å²) < 4.78 is 58.2. The molecule has 2 heterocycles. The first-order valence-electron chi connectivity index (χ1n) is 10.7. The number of carbonyl (C=O) groups excluding carboxylic acids is 1. The highest BCUT2D eigenvalue weighted by Crippen LogP contribution is 2.36. The molecule has 4 aromatic rings. The Morgan fingerprint density at radius 1 is 0.919 bits per heavy atom. The van der Waals surface area contributed by atoms with Crippen LogP contribution in [0, 0.1) is 5.82 Å². The molecule has 0 saturated carbocycles. The number of sulfonamides is 1. The summed E-state index contributed by atoms with van der Waals surface area (Å²) in [6, 6.07) is 14.8. The molecule has 0 aliphatic heterocycles. The third-order valence-electron chi connectivity index (χ3n) is 5.17. The summed E-state index contributed by atoms with van der Waals surface area (Å²) in [5.74, 6) is -1.52. The van der Waals surface area contributed by atoms with Gasteiger partial charge in [0.05, 0.1) is 27.1 Å². The van der Waals surface area contributed by atoms with E-state index in [0.717, 1.165) is 12.1 Å². The number of ether oxygens (including phenoxy) is 3. The van der Waals surface area contributed by atoms with Gasteiger partial charge in [0, 0.05) is 6.07 Å². The van der Waals surface area contributed by atoms with Gasteiger partial charge in [0.1, 0.15) is 28.7 Å². The molecular weight excluding hydrogens is 505 g/mol. The number of rotatable bonds is 9. The Hall–Kier alpha value is -4.52. The van der Waals surface area contributed by atoms with Gasteiger partial charge in [0.15, 0.2) is 5.82 Å². The van der Waals surface area contributed by atoms with Crippen molar-refractivity contribution in [2.24, 2.45) is 0 Å². The molecule has 2 aromatic carbocycles. The van der Waals surface area contributed by atoms with E-state index in [1.165, 1.54) is 38.0 Å². The van der Waals surface area contributed by atoms with Crippen LogP contribution in [0.15, 0.2) is 60.7 Å². The quantitative estimate of drug-likeness (QED) is 0.349. The van der Waals surface area contributed by atoms with Gasteiger partial charge in [-0.05, 0) is 35.9 Å². The van der Waals surface area contributed by atoms with E-state index in [9.17, 15) is 17.6 Å². The number of nitrogens with zero attached hydrogens (tertiary/aromatic N) is 4. The second kappa shape index (κ2) is 10.6. The average Bonchev–Trinajstić information content (AvgIpc) is 3.34. The topological polar surface area (TPSA) is 135 Å². The lowest BCUT2D eigenvalue weighted by atomic mass is 10.2. The Morgan fingerprint density at radius 2 is 1.57 bits per heavy atom. The Bertz CT molecular complexity index is 1520. The first-order valence-corrected chi connectivity index (χ1v) is 12.4. The largest absolute Gasteiger partial charge is 0.494 e. The fraction of sp³-hybridized carbons (Fsp3) is 0.167. The molecule has 1 amide bonds. The molecule has 0 bridgehead atoms. The molecule has 37 heavy (non-hydrogen) atoms. The standard InChI is InChI=1S/C24H22FN5O6S/c1-34-18-7-5-8-19(35-2)21(18)30-22(17-6-4-9-20(26-17)36-3)27-28-23(30)24(31)29-37(32,33)14-15-10-12-16(25)13-11-15/h4-13H,14H2,1-3H3,(H,29,31). The van der Waals surface area contributed by atoms with E-state index in [0.29, 0.717) is 11.5 Å². The van der Waals surface area contributed by atoms with Crippen molar-refractivity contribution in [3.05, 3.63) is 77.9 Å². The van der Waals surface area contributed by atoms with Crippen LogP contribution in [-0.2, 0) is 15.8 Å². The van der Waals surface area contributed by atoms with Crippen molar-refractivity contribution in [3.8, 4) is 34.6 Å². The molecular formula is C24H22FN5O6S. The van der Waals surface area contributed by atoms with Crippen LogP contribution < -0.4 is 18.9 Å². The highest BCUT2D eigenvalue weighted by atomic mass is 32.2. The monoisotopic (exact) mass is 527 g/mol. The maximum atomic E-state index is 13.3. The Balaban J connectivity index is 1.82. The van der Waals surface area contributed by atoms with Crippen molar-refractivity contribution in [2.45, 2.75) is 5.75 Å². The minimum atomic E-state index is -4.19. The van der Waals surface area contributed by atoms with Crippen LogP contribution in [0.2, 0.25) is 0 Å². The zero-order valence-corrected chi connectivity index (χ0v) is 20.8. The predicted molar refractivity (Wildman–Crippen MR) is 131 cm³/mol. The number of carbonyl (C=O) groups is 1. The second-order valence-corrected chi connectivity index (χ2v) is 9.30. The number of hydrogen-bond donors (Lipinski definition) is 1. The molecule has 11 nitrogen and oxygen atoms in total. The normalized spacial score (nSPS) is 11.1. The maximum absolute atomic E-state index is 13.3. The second-order valence-electron chi connectivity index (χ2n) is 7.58. The third kappa shape index (κ3) is 5.51. The first-order chi connectivity index (χ1) is 17.8. The number of nitrogens with one attached hydrogen (secondary N) is 1.